The van der Waals surface area contributed by atoms with Gasteiger partial charge in [0.2, 0.25) is 0 Å². The Kier molecular flexibility index (Phi) is 9.03. The van der Waals surface area contributed by atoms with Crippen LogP contribution in [0.3, 0.4) is 0 Å². The zero-order valence-electron chi connectivity index (χ0n) is 93.5. The fraction of sp³-hybridized carbons (Fsp3) is 0.333. The van der Waals surface area contributed by atoms with Gasteiger partial charge in [-0.3, -0.25) is 0 Å². The first-order valence-electron chi connectivity index (χ1n) is 47.6. The molecule has 0 fully saturated rings. The Balaban J connectivity index is 0.000000722. The molecule has 0 heterocycles. The van der Waals surface area contributed by atoms with Crippen molar-refractivity contribution in [1.29, 1.82) is 0 Å². The standard InChI is InChI=1S/C12H18.C10H14.2C9H12.4C8H10/c1-7-8(2)10(4)12(6)11(5)9(7)3;1-7-5-8(2)10(4)9(3)6-7;1-7-4-8(2)6-9(3)5-7;1-7-5-4-6-8(2)9(7)3;1-7-3-5-8(2)6-4-7;1-7-4-3-5-8(2)6-7;2*1-7-5-3-4-6-8(7)2/h1-6H3;5-6H,1-4H3;2*4-6H,1-3H3;4*3-6H,1-2H3/i1D3,2D3,3D3,4D3,5D3;1D3,2D3,3D3;2*1D3,2D3;2*1D3;1D3,3D,4D,5D,6D;1D3. The van der Waals surface area contributed by atoms with Crippen molar-refractivity contribution in [3.63, 3.8) is 0 Å². The first-order valence-corrected chi connectivity index (χ1v) is 21.6. The van der Waals surface area contributed by atoms with E-state index in [0.29, 0.717) is 27.8 Å². The number of hydrogen-bond donors (Lipinski definition) is 0. The van der Waals surface area contributed by atoms with Gasteiger partial charge in [-0.15, -0.1) is 0 Å². The number of rotatable bonds is 0. The molecule has 8 rings (SSSR count). The fourth-order valence-corrected chi connectivity index (χ4v) is 5.15. The Morgan fingerprint density at radius 1 is 0.222 bits per heavy atom. The molecule has 0 unspecified atom stereocenters. The molecule has 384 valence electrons. The van der Waals surface area contributed by atoms with Gasteiger partial charge in [-0.05, 0) is 254 Å². The molecular weight excluding hydrogens is 865 g/mol. The summed E-state index contributed by atoms with van der Waals surface area (Å²) in [6.07, 6.45) is 0. The largest absolute Gasteiger partial charge is 0.0626 e. The van der Waals surface area contributed by atoms with Gasteiger partial charge in [0, 0.05) is 65.8 Å². The second-order valence-electron chi connectivity index (χ2n) is 15.8. The fourth-order valence-electron chi connectivity index (χ4n) is 5.15. The molecule has 0 atom stereocenters. The van der Waals surface area contributed by atoms with Gasteiger partial charge in [-0.25, -0.2) is 0 Å². The first kappa shape index (κ1) is 19.9. The predicted octanol–water partition coefficient (Wildman–Crippen LogP) is 20.9. The van der Waals surface area contributed by atoms with E-state index in [1.54, 1.807) is 49.4 Å². The van der Waals surface area contributed by atoms with E-state index in [1.165, 1.54) is 57.2 Å². The molecule has 0 N–H and O–H groups in total. The Hall–Kier alpha value is -6.24. The summed E-state index contributed by atoms with van der Waals surface area (Å²) in [5, 5.41) is 0. The Morgan fingerprint density at radius 3 is 1.03 bits per heavy atom. The predicted molar refractivity (Wildman–Crippen MR) is 325 cm³/mol. The second kappa shape index (κ2) is 32.7. The quantitative estimate of drug-likeness (QED) is 0.142. The number of benzene rings is 8. The second-order valence-corrected chi connectivity index (χ2v) is 15.8. The molecular formula is C72H96. The summed E-state index contributed by atoms with van der Waals surface area (Å²) in [5.41, 5.74) is -1.42. The summed E-state index contributed by atoms with van der Waals surface area (Å²) in [6.45, 7) is -28.8. The van der Waals surface area contributed by atoms with Crippen molar-refractivity contribution < 1.29 is 71.3 Å². The summed E-state index contributed by atoms with van der Waals surface area (Å²) in [4.78, 5) is 0. The maximum Gasteiger partial charge on any atom is 0.0626 e. The normalized spacial score (nSPS) is 23.1. The van der Waals surface area contributed by atoms with E-state index in [2.05, 4.69) is 0 Å². The lowest BCUT2D eigenvalue weighted by molar-refractivity contribution is 1.13. The van der Waals surface area contributed by atoms with E-state index in [0.717, 1.165) is 35.7 Å². The van der Waals surface area contributed by atoms with E-state index in [-0.39, 0.29) is 61.7 Å². The highest BCUT2D eigenvalue weighted by molar-refractivity contribution is 5.48. The van der Waals surface area contributed by atoms with Crippen molar-refractivity contribution in [3.8, 4) is 0 Å². The smallest absolute Gasteiger partial charge is 0.0620 e. The summed E-state index contributed by atoms with van der Waals surface area (Å²) in [6, 6.07) is 29.9. The van der Waals surface area contributed by atoms with E-state index in [1.807, 2.05) is 51.1 Å². The van der Waals surface area contributed by atoms with Crippen LogP contribution in [-0.2, 0) is 0 Å². The Morgan fingerprint density at radius 2 is 0.597 bits per heavy atom. The van der Waals surface area contributed by atoms with Crippen molar-refractivity contribution in [2.45, 2.75) is 165 Å². The molecule has 0 aliphatic carbocycles. The average Bonchev–Trinajstić information content (AvgIpc) is 0.706. The van der Waals surface area contributed by atoms with Gasteiger partial charge in [0.25, 0.3) is 0 Å². The van der Waals surface area contributed by atoms with Crippen LogP contribution in [0.5, 0.6) is 0 Å². The van der Waals surface area contributed by atoms with Crippen molar-refractivity contribution in [2.75, 3.05) is 0 Å². The summed E-state index contributed by atoms with van der Waals surface area (Å²) >= 11 is 0. The van der Waals surface area contributed by atoms with Gasteiger partial charge in [0.1, 0.15) is 0 Å². The summed E-state index contributed by atoms with van der Waals surface area (Å²) in [7, 11) is 0. The molecule has 0 nitrogen and oxygen atoms in total. The van der Waals surface area contributed by atoms with E-state index in [4.69, 9.17) is 71.3 Å². The van der Waals surface area contributed by atoms with Crippen LogP contribution in [0, 0.1) is 165 Å². The van der Waals surface area contributed by atoms with Crippen molar-refractivity contribution in [3.05, 3.63) is 279 Å². The molecule has 0 radical (unpaired) electrons. The molecule has 8 aromatic carbocycles. The van der Waals surface area contributed by atoms with Crippen LogP contribution in [0.2, 0.25) is 0 Å². The molecule has 0 saturated carbocycles. The number of aryl methyl sites for hydroxylation is 14. The molecule has 8 aromatic rings. The van der Waals surface area contributed by atoms with Gasteiger partial charge >= 0.3 is 0 Å². The summed E-state index contributed by atoms with van der Waals surface area (Å²) < 4.78 is 383. The maximum absolute atomic E-state index is 7.65. The minimum Gasteiger partial charge on any atom is -0.0620 e. The molecule has 0 saturated heterocycles. The SMILES string of the molecule is [2H]C([2H])([2H])c1c(C)c(C([2H])([2H])[2H])c(C([2H])([2H])[2H])c(C([2H])([2H])[2H])c1C([2H])([2H])[2H].[2H]C([2H])([2H])c1cc(C([2H])([2H])[2H])c(C)c(C([2H])([2H])[2H])c1.[2H]C([2H])([2H])c1cc(C)cc(C([2H])([2H])[2H])c1.[2H]C([2H])([2H])c1ccc(C)cc1.[2H]C([2H])([2H])c1cccc(C([2H])([2H])[2H])c1C.[2H]C([2H])([2H])c1cccc(C)c1.[2H]C([2H])([2H])c1ccccc1C.[2H]c1c([2H])c([2H])c(C([2H])([2H])[2H])c(C)c1[2H]. The molecule has 0 aliphatic rings. The van der Waals surface area contributed by atoms with Gasteiger partial charge < -0.3 is 0 Å². The van der Waals surface area contributed by atoms with Crippen LogP contribution in [0.15, 0.2) is 145 Å². The topological polar surface area (TPSA) is 0 Å². The molecule has 0 heteroatoms. The lowest BCUT2D eigenvalue weighted by Crippen LogP contribution is -1.98. The third-order valence-electron chi connectivity index (χ3n) is 9.66. The van der Waals surface area contributed by atoms with Crippen LogP contribution in [0.25, 0.3) is 0 Å². The highest BCUT2D eigenvalue weighted by atomic mass is 14.1. The highest BCUT2D eigenvalue weighted by Crippen LogP contribution is 2.25. The van der Waals surface area contributed by atoms with Crippen LogP contribution >= 0.6 is 0 Å². The molecule has 72 heavy (non-hydrogen) atoms. The lowest BCUT2D eigenvalue weighted by atomic mass is 9.90. The van der Waals surface area contributed by atoms with Gasteiger partial charge in [-0.1, -0.05) is 190 Å². The third kappa shape index (κ3) is 24.3. The van der Waals surface area contributed by atoms with Gasteiger partial charge in [-0.2, -0.15) is 0 Å². The highest BCUT2D eigenvalue weighted by Gasteiger charge is 2.08. The molecule has 0 aliphatic heterocycles. The van der Waals surface area contributed by atoms with Crippen LogP contribution < -0.4 is 0 Å². The Labute approximate surface area is 516 Å². The van der Waals surface area contributed by atoms with Crippen LogP contribution in [-0.4, -0.2) is 0 Å². The minimum absolute atomic E-state index is 0.0774. The van der Waals surface area contributed by atoms with E-state index >= 15 is 0 Å². The first-order chi connectivity index (χ1) is 54.7. The molecule has 0 bridgehead atoms. The van der Waals surface area contributed by atoms with Crippen molar-refractivity contribution in [1.82, 2.24) is 0 Å². The number of hydrogen-bond acceptors (Lipinski definition) is 0. The van der Waals surface area contributed by atoms with Crippen LogP contribution in [0.4, 0.5) is 0 Å². The zero-order valence-corrected chi connectivity index (χ0v) is 41.5. The van der Waals surface area contributed by atoms with E-state index < -0.39 is 161 Å². The van der Waals surface area contributed by atoms with Crippen LogP contribution in [0.1, 0.15) is 205 Å². The molecule has 0 spiro atoms. The monoisotopic (exact) mass is 1010 g/mol. The minimum atomic E-state index is -3.37. The van der Waals surface area contributed by atoms with Gasteiger partial charge in [0.05, 0.1) is 5.48 Å². The van der Waals surface area contributed by atoms with Gasteiger partial charge in [0.15, 0.2) is 0 Å². The van der Waals surface area contributed by atoms with E-state index in [9.17, 15) is 0 Å². The van der Waals surface area contributed by atoms with Crippen molar-refractivity contribution >= 4 is 0 Å². The average molecular weight is 1010 g/mol. The summed E-state index contributed by atoms with van der Waals surface area (Å²) in [5.74, 6) is 0. The Bertz CT molecular complexity index is 4670. The van der Waals surface area contributed by atoms with Crippen molar-refractivity contribution in [2.24, 2.45) is 0 Å². The molecule has 0 amide bonds. The third-order valence-corrected chi connectivity index (χ3v) is 9.66. The lowest BCUT2D eigenvalue weighted by Gasteiger charge is -2.15. The maximum atomic E-state index is 7.65. The zero-order chi connectivity index (χ0) is 98.3. The molecule has 0 aromatic heterocycles.